The van der Waals surface area contributed by atoms with Gasteiger partial charge in [0.15, 0.2) is 0 Å². The van der Waals surface area contributed by atoms with E-state index in [4.69, 9.17) is 20.0 Å². The Bertz CT molecular complexity index is 467. The van der Waals surface area contributed by atoms with Crippen molar-refractivity contribution in [1.82, 2.24) is 0 Å². The summed E-state index contributed by atoms with van der Waals surface area (Å²) in [7, 11) is -8.37. The maximum atomic E-state index is 11.5. The highest BCUT2D eigenvalue weighted by molar-refractivity contribution is 7.56. The second kappa shape index (κ2) is 5.21. The highest BCUT2D eigenvalue weighted by Gasteiger charge is 2.26. The summed E-state index contributed by atoms with van der Waals surface area (Å²) in [6, 6.07) is 5.77. The van der Waals surface area contributed by atoms with E-state index in [1.54, 1.807) is 0 Å². The van der Waals surface area contributed by atoms with Crippen LogP contribution in [0.25, 0.3) is 0 Å². The number of hydrogen-bond acceptors (Lipinski definition) is 4. The Morgan fingerprint density at radius 2 is 1.59 bits per heavy atom. The fraction of sp³-hybridized carbons (Fsp3) is 0.250. The van der Waals surface area contributed by atoms with E-state index < -0.39 is 27.5 Å². The molecule has 7 nitrogen and oxygen atoms in total. The lowest BCUT2D eigenvalue weighted by Crippen LogP contribution is -2.02. The van der Waals surface area contributed by atoms with Gasteiger partial charge in [-0.25, -0.2) is 4.57 Å². The Kier molecular flexibility index (Phi) is 4.36. The molecule has 0 bridgehead atoms. The van der Waals surface area contributed by atoms with E-state index in [0.717, 1.165) is 0 Å². The van der Waals surface area contributed by atoms with Crippen molar-refractivity contribution >= 4 is 20.9 Å². The molecule has 1 atom stereocenters. The predicted molar refractivity (Wildman–Crippen MR) is 63.1 cm³/mol. The SMILES string of the molecule is Nc1ccc(OP(=O)(O)CCP(=O)(O)O)cc1. The number of nitrogens with two attached hydrogens (primary N) is 1. The molecule has 0 heterocycles. The first-order chi connectivity index (χ1) is 7.68. The molecule has 0 aliphatic carbocycles. The number of rotatable bonds is 5. The quantitative estimate of drug-likeness (QED) is 0.468. The van der Waals surface area contributed by atoms with Gasteiger partial charge >= 0.3 is 15.2 Å². The molecule has 0 saturated heterocycles. The van der Waals surface area contributed by atoms with Crippen molar-refractivity contribution in [2.24, 2.45) is 0 Å². The third-order valence-corrected chi connectivity index (χ3v) is 4.25. The van der Waals surface area contributed by atoms with E-state index in [2.05, 4.69) is 0 Å². The summed E-state index contributed by atoms with van der Waals surface area (Å²) in [5, 5.41) is 0. The first-order valence-corrected chi connectivity index (χ1v) is 8.15. The summed E-state index contributed by atoms with van der Waals surface area (Å²) in [4.78, 5) is 26.5. The lowest BCUT2D eigenvalue weighted by Gasteiger charge is -2.13. The average Bonchev–Trinajstić information content (AvgIpc) is 2.18. The van der Waals surface area contributed by atoms with Crippen LogP contribution >= 0.6 is 15.2 Å². The van der Waals surface area contributed by atoms with Gasteiger partial charge in [-0.2, -0.15) is 0 Å². The van der Waals surface area contributed by atoms with E-state index >= 15 is 0 Å². The predicted octanol–water partition coefficient (Wildman–Crippen LogP) is 1.01. The summed E-state index contributed by atoms with van der Waals surface area (Å²) in [6.45, 7) is 0. The average molecular weight is 281 g/mol. The second-order valence-electron chi connectivity index (χ2n) is 3.41. The minimum Gasteiger partial charge on any atom is -0.424 e. The molecule has 0 fully saturated rings. The Morgan fingerprint density at radius 3 is 2.06 bits per heavy atom. The van der Waals surface area contributed by atoms with Gasteiger partial charge < -0.3 is 24.9 Å². The third-order valence-electron chi connectivity index (χ3n) is 1.80. The van der Waals surface area contributed by atoms with Gasteiger partial charge in [0.25, 0.3) is 0 Å². The van der Waals surface area contributed by atoms with Crippen LogP contribution in [0, 0.1) is 0 Å². The van der Waals surface area contributed by atoms with Gasteiger partial charge in [0, 0.05) is 5.69 Å². The van der Waals surface area contributed by atoms with Gasteiger partial charge in [-0.1, -0.05) is 0 Å². The molecule has 9 heteroatoms. The Morgan fingerprint density at radius 1 is 1.06 bits per heavy atom. The topological polar surface area (TPSA) is 130 Å². The molecule has 0 saturated carbocycles. The van der Waals surface area contributed by atoms with Gasteiger partial charge in [0.2, 0.25) is 0 Å². The standard InChI is InChI=1S/C8H13NO6P2/c9-7-1-3-8(4-2-7)15-17(13,14)6-5-16(10,11)12/h1-4H,5-6,9H2,(H,13,14)(H2,10,11,12). The van der Waals surface area contributed by atoms with Crippen molar-refractivity contribution in [3.8, 4) is 5.75 Å². The summed E-state index contributed by atoms with van der Waals surface area (Å²) in [5.41, 5.74) is 5.89. The molecule has 0 aliphatic heterocycles. The van der Waals surface area contributed by atoms with Crippen molar-refractivity contribution in [3.63, 3.8) is 0 Å². The first-order valence-electron chi connectivity index (χ1n) is 4.59. The zero-order valence-corrected chi connectivity index (χ0v) is 10.6. The molecule has 0 amide bonds. The van der Waals surface area contributed by atoms with E-state index in [1.807, 2.05) is 0 Å². The van der Waals surface area contributed by atoms with E-state index in [9.17, 15) is 14.0 Å². The summed E-state index contributed by atoms with van der Waals surface area (Å²) in [5.74, 6) is 0.121. The van der Waals surface area contributed by atoms with Crippen molar-refractivity contribution in [1.29, 1.82) is 0 Å². The molecule has 1 rings (SSSR count). The van der Waals surface area contributed by atoms with Crippen LogP contribution in [0.3, 0.4) is 0 Å². The van der Waals surface area contributed by atoms with Crippen LogP contribution in [-0.2, 0) is 9.13 Å². The zero-order chi connectivity index (χ0) is 13.1. The Labute approximate surface area is 97.9 Å². The van der Waals surface area contributed by atoms with E-state index in [0.29, 0.717) is 5.69 Å². The molecule has 0 aromatic heterocycles. The molecule has 0 radical (unpaired) electrons. The Balaban J connectivity index is 2.63. The van der Waals surface area contributed by atoms with Crippen molar-refractivity contribution in [3.05, 3.63) is 24.3 Å². The van der Waals surface area contributed by atoms with Crippen LogP contribution in [0.4, 0.5) is 5.69 Å². The summed E-state index contributed by atoms with van der Waals surface area (Å²) < 4.78 is 26.8. The number of hydrogen-bond donors (Lipinski definition) is 4. The molecule has 17 heavy (non-hydrogen) atoms. The monoisotopic (exact) mass is 281 g/mol. The van der Waals surface area contributed by atoms with Gasteiger partial charge in [-0.15, -0.1) is 0 Å². The molecular weight excluding hydrogens is 268 g/mol. The van der Waals surface area contributed by atoms with Gasteiger partial charge in [0.1, 0.15) is 5.75 Å². The van der Waals surface area contributed by atoms with Crippen LogP contribution in [0.1, 0.15) is 0 Å². The van der Waals surface area contributed by atoms with Crippen LogP contribution in [0.2, 0.25) is 0 Å². The first kappa shape index (κ1) is 14.2. The Hall–Kier alpha value is -0.840. The highest BCUT2D eigenvalue weighted by Crippen LogP contribution is 2.47. The summed E-state index contributed by atoms with van der Waals surface area (Å²) in [6.07, 6.45) is -1.31. The zero-order valence-electron chi connectivity index (χ0n) is 8.76. The molecular formula is C8H13NO6P2. The van der Waals surface area contributed by atoms with Crippen LogP contribution < -0.4 is 10.3 Å². The molecule has 96 valence electrons. The summed E-state index contributed by atoms with van der Waals surface area (Å²) >= 11 is 0. The molecule has 5 N–H and O–H groups in total. The largest absolute Gasteiger partial charge is 0.424 e. The second-order valence-corrected chi connectivity index (χ2v) is 7.09. The van der Waals surface area contributed by atoms with Crippen molar-refractivity contribution < 1.29 is 28.3 Å². The van der Waals surface area contributed by atoms with Crippen LogP contribution in [-0.4, -0.2) is 27.0 Å². The fourth-order valence-electron chi connectivity index (χ4n) is 0.996. The lowest BCUT2D eigenvalue weighted by molar-refractivity contribution is 0.363. The lowest BCUT2D eigenvalue weighted by atomic mass is 10.3. The van der Waals surface area contributed by atoms with E-state index in [1.165, 1.54) is 24.3 Å². The van der Waals surface area contributed by atoms with E-state index in [-0.39, 0.29) is 5.75 Å². The maximum Gasteiger partial charge on any atom is 0.377 e. The van der Waals surface area contributed by atoms with Gasteiger partial charge in [-0.05, 0) is 24.3 Å². The maximum absolute atomic E-state index is 11.5. The molecule has 0 spiro atoms. The van der Waals surface area contributed by atoms with Gasteiger partial charge in [-0.3, -0.25) is 4.57 Å². The van der Waals surface area contributed by atoms with Crippen LogP contribution in [0.15, 0.2) is 24.3 Å². The molecule has 1 unspecified atom stereocenters. The molecule has 0 aliphatic rings. The number of anilines is 1. The fourth-order valence-corrected chi connectivity index (χ4v) is 3.59. The minimum atomic E-state index is -4.31. The number of nitrogen functional groups attached to an aromatic ring is 1. The molecule has 1 aromatic carbocycles. The smallest absolute Gasteiger partial charge is 0.377 e. The normalized spacial score (nSPS) is 15.2. The highest BCUT2D eigenvalue weighted by atomic mass is 31.2. The van der Waals surface area contributed by atoms with Crippen molar-refractivity contribution in [2.75, 3.05) is 18.1 Å². The minimum absolute atomic E-state index is 0.121. The molecule has 1 aromatic rings. The van der Waals surface area contributed by atoms with Crippen molar-refractivity contribution in [2.45, 2.75) is 0 Å². The van der Waals surface area contributed by atoms with Crippen LogP contribution in [0.5, 0.6) is 5.75 Å². The third kappa shape index (κ3) is 5.86. The van der Waals surface area contributed by atoms with Gasteiger partial charge in [0.05, 0.1) is 12.3 Å². The number of benzene rings is 1.